The van der Waals surface area contributed by atoms with Crippen molar-refractivity contribution in [2.24, 2.45) is 0 Å². The molecule has 1 fully saturated rings. The lowest BCUT2D eigenvalue weighted by atomic mass is 10.2. The first-order valence-electron chi connectivity index (χ1n) is 5.98. The normalized spacial score (nSPS) is 19.8. The Morgan fingerprint density at radius 1 is 1.31 bits per heavy atom. The van der Waals surface area contributed by atoms with Gasteiger partial charge >= 0.3 is 0 Å². The van der Waals surface area contributed by atoms with Crippen LogP contribution in [0.3, 0.4) is 0 Å². The monoisotopic (exact) mass is 224 g/mol. The van der Waals surface area contributed by atoms with Crippen molar-refractivity contribution in [3.8, 4) is 0 Å². The zero-order valence-corrected chi connectivity index (χ0v) is 9.55. The topological polar surface area (TPSA) is 53.3 Å². The fourth-order valence-corrected chi connectivity index (χ4v) is 1.98. The summed E-state index contributed by atoms with van der Waals surface area (Å²) in [5, 5.41) is 16.1. The highest BCUT2D eigenvalue weighted by molar-refractivity contribution is 4.78. The molecule has 1 aromatic heterocycles. The minimum atomic E-state index is -0.387. The molecular weight excluding hydrogens is 204 g/mol. The number of nitrogens with one attached hydrogen (secondary N) is 1. The molecule has 0 spiro atoms. The van der Waals surface area contributed by atoms with Crippen LogP contribution in [0.2, 0.25) is 0 Å². The van der Waals surface area contributed by atoms with E-state index in [9.17, 15) is 5.11 Å². The van der Waals surface area contributed by atoms with Crippen LogP contribution in [0.4, 0.5) is 0 Å². The fourth-order valence-electron chi connectivity index (χ4n) is 1.98. The van der Waals surface area contributed by atoms with Crippen molar-refractivity contribution in [2.45, 2.75) is 31.9 Å². The van der Waals surface area contributed by atoms with Crippen LogP contribution >= 0.6 is 0 Å². The van der Waals surface area contributed by atoms with Crippen LogP contribution in [-0.4, -0.2) is 45.6 Å². The first-order chi connectivity index (χ1) is 7.84. The second-order valence-electron chi connectivity index (χ2n) is 4.29. The first-order valence-corrected chi connectivity index (χ1v) is 5.98. The van der Waals surface area contributed by atoms with Crippen molar-refractivity contribution >= 4 is 0 Å². The summed E-state index contributed by atoms with van der Waals surface area (Å²) in [4.78, 5) is 0. The lowest BCUT2D eigenvalue weighted by Gasteiger charge is -2.28. The second kappa shape index (κ2) is 5.98. The Bertz CT molecular complexity index is 282. The molecule has 0 aromatic carbocycles. The SMILES string of the molecule is OC(CNN1CCCCC1)Cn1cccn1. The molecular formula is C11H20N4O. The van der Waals surface area contributed by atoms with Gasteiger partial charge < -0.3 is 5.11 Å². The molecule has 90 valence electrons. The lowest BCUT2D eigenvalue weighted by Crippen LogP contribution is -2.45. The van der Waals surface area contributed by atoms with E-state index in [-0.39, 0.29) is 6.10 Å². The lowest BCUT2D eigenvalue weighted by molar-refractivity contribution is 0.0882. The van der Waals surface area contributed by atoms with Crippen LogP contribution in [-0.2, 0) is 6.54 Å². The van der Waals surface area contributed by atoms with Crippen molar-refractivity contribution in [2.75, 3.05) is 19.6 Å². The number of nitrogens with zero attached hydrogens (tertiary/aromatic N) is 3. The van der Waals surface area contributed by atoms with Gasteiger partial charge in [0.25, 0.3) is 0 Å². The van der Waals surface area contributed by atoms with Crippen molar-refractivity contribution in [1.29, 1.82) is 0 Å². The first kappa shape index (κ1) is 11.6. The number of hydrogen-bond donors (Lipinski definition) is 2. The van der Waals surface area contributed by atoms with E-state index >= 15 is 0 Å². The summed E-state index contributed by atoms with van der Waals surface area (Å²) < 4.78 is 1.75. The molecule has 2 rings (SSSR count). The van der Waals surface area contributed by atoms with E-state index < -0.39 is 0 Å². The van der Waals surface area contributed by atoms with E-state index in [0.29, 0.717) is 13.1 Å². The molecule has 0 saturated carbocycles. The molecule has 0 radical (unpaired) electrons. The van der Waals surface area contributed by atoms with Crippen molar-refractivity contribution in [3.63, 3.8) is 0 Å². The van der Waals surface area contributed by atoms with Crippen LogP contribution < -0.4 is 5.43 Å². The average molecular weight is 224 g/mol. The van der Waals surface area contributed by atoms with Gasteiger partial charge in [0.1, 0.15) is 0 Å². The van der Waals surface area contributed by atoms with E-state index in [0.717, 1.165) is 13.1 Å². The maximum absolute atomic E-state index is 9.80. The fraction of sp³-hybridized carbons (Fsp3) is 0.727. The van der Waals surface area contributed by atoms with E-state index in [2.05, 4.69) is 15.5 Å². The van der Waals surface area contributed by atoms with E-state index in [1.165, 1.54) is 19.3 Å². The molecule has 1 aliphatic heterocycles. The molecule has 1 atom stereocenters. The molecule has 1 aliphatic rings. The standard InChI is InChI=1S/C11H20N4O/c16-11(10-15-8-4-5-12-15)9-13-14-6-2-1-3-7-14/h4-5,8,11,13,16H,1-3,6-7,9-10H2. The summed E-state index contributed by atoms with van der Waals surface area (Å²) in [7, 11) is 0. The van der Waals surface area contributed by atoms with Gasteiger partial charge in [0.05, 0.1) is 12.6 Å². The van der Waals surface area contributed by atoms with Crippen LogP contribution in [0, 0.1) is 0 Å². The Labute approximate surface area is 96.0 Å². The zero-order valence-electron chi connectivity index (χ0n) is 9.55. The number of hydrogen-bond acceptors (Lipinski definition) is 4. The Hall–Kier alpha value is -0.910. The van der Waals surface area contributed by atoms with E-state index in [1.54, 1.807) is 10.9 Å². The van der Waals surface area contributed by atoms with Gasteiger partial charge in [-0.15, -0.1) is 0 Å². The molecule has 0 amide bonds. The van der Waals surface area contributed by atoms with Gasteiger partial charge in [0.2, 0.25) is 0 Å². The molecule has 5 heteroatoms. The third kappa shape index (κ3) is 3.59. The van der Waals surface area contributed by atoms with Crippen LogP contribution in [0.25, 0.3) is 0 Å². The second-order valence-corrected chi connectivity index (χ2v) is 4.29. The summed E-state index contributed by atoms with van der Waals surface area (Å²) in [5.74, 6) is 0. The molecule has 0 aliphatic carbocycles. The van der Waals surface area contributed by atoms with Crippen LogP contribution in [0.1, 0.15) is 19.3 Å². The van der Waals surface area contributed by atoms with Crippen LogP contribution in [0.15, 0.2) is 18.5 Å². The molecule has 16 heavy (non-hydrogen) atoms. The molecule has 1 aromatic rings. The van der Waals surface area contributed by atoms with Gasteiger partial charge in [-0.3, -0.25) is 10.1 Å². The minimum absolute atomic E-state index is 0.387. The smallest absolute Gasteiger partial charge is 0.0874 e. The van der Waals surface area contributed by atoms with Gasteiger partial charge in [-0.25, -0.2) is 5.01 Å². The number of aliphatic hydroxyl groups excluding tert-OH is 1. The molecule has 2 heterocycles. The zero-order chi connectivity index (χ0) is 11.2. The maximum Gasteiger partial charge on any atom is 0.0874 e. The number of aromatic nitrogens is 2. The average Bonchev–Trinajstić information content (AvgIpc) is 2.81. The Morgan fingerprint density at radius 2 is 2.12 bits per heavy atom. The highest BCUT2D eigenvalue weighted by Gasteiger charge is 2.11. The Kier molecular flexibility index (Phi) is 4.33. The minimum Gasteiger partial charge on any atom is -0.390 e. The highest BCUT2D eigenvalue weighted by atomic mass is 16.3. The van der Waals surface area contributed by atoms with E-state index in [1.807, 2.05) is 12.3 Å². The molecule has 1 unspecified atom stereocenters. The Balaban J connectivity index is 1.65. The van der Waals surface area contributed by atoms with Gasteiger partial charge in [0, 0.05) is 32.0 Å². The number of piperidine rings is 1. The summed E-state index contributed by atoms with van der Waals surface area (Å²) in [6, 6.07) is 1.87. The van der Waals surface area contributed by atoms with Crippen molar-refractivity contribution in [1.82, 2.24) is 20.2 Å². The third-order valence-corrected chi connectivity index (χ3v) is 2.86. The van der Waals surface area contributed by atoms with E-state index in [4.69, 9.17) is 0 Å². The number of aliphatic hydroxyl groups is 1. The number of rotatable bonds is 5. The molecule has 1 saturated heterocycles. The van der Waals surface area contributed by atoms with Gasteiger partial charge in [-0.2, -0.15) is 5.10 Å². The Morgan fingerprint density at radius 3 is 2.81 bits per heavy atom. The van der Waals surface area contributed by atoms with Gasteiger partial charge in [-0.05, 0) is 18.9 Å². The number of hydrazine groups is 1. The molecule has 5 nitrogen and oxygen atoms in total. The third-order valence-electron chi connectivity index (χ3n) is 2.86. The van der Waals surface area contributed by atoms with Crippen molar-refractivity contribution in [3.05, 3.63) is 18.5 Å². The van der Waals surface area contributed by atoms with Gasteiger partial charge in [0.15, 0.2) is 0 Å². The maximum atomic E-state index is 9.80. The predicted molar refractivity (Wildman–Crippen MR) is 61.7 cm³/mol. The van der Waals surface area contributed by atoms with Gasteiger partial charge in [-0.1, -0.05) is 6.42 Å². The summed E-state index contributed by atoms with van der Waals surface area (Å²) >= 11 is 0. The summed E-state index contributed by atoms with van der Waals surface area (Å²) in [6.45, 7) is 3.33. The van der Waals surface area contributed by atoms with Crippen molar-refractivity contribution < 1.29 is 5.11 Å². The molecule has 2 N–H and O–H groups in total. The predicted octanol–water partition coefficient (Wildman–Crippen LogP) is 0.234. The highest BCUT2D eigenvalue weighted by Crippen LogP contribution is 2.05. The quantitative estimate of drug-likeness (QED) is 0.752. The largest absolute Gasteiger partial charge is 0.390 e. The van der Waals surface area contributed by atoms with Crippen LogP contribution in [0.5, 0.6) is 0 Å². The summed E-state index contributed by atoms with van der Waals surface area (Å²) in [6.07, 6.45) is 7.04. The molecule has 0 bridgehead atoms. The summed E-state index contributed by atoms with van der Waals surface area (Å²) in [5.41, 5.74) is 3.28.